The lowest BCUT2D eigenvalue weighted by atomic mass is 9.85. The predicted octanol–water partition coefficient (Wildman–Crippen LogP) is 2.50. The Morgan fingerprint density at radius 3 is 2.60 bits per heavy atom. The minimum Gasteiger partial charge on any atom is -0.317 e. The van der Waals surface area contributed by atoms with Gasteiger partial charge < -0.3 is 10.2 Å². The van der Waals surface area contributed by atoms with Crippen LogP contribution in [0.4, 0.5) is 0 Å². The number of rotatable bonds is 8. The maximum absolute atomic E-state index is 3.37. The van der Waals surface area contributed by atoms with Gasteiger partial charge in [0.25, 0.3) is 0 Å². The van der Waals surface area contributed by atoms with Gasteiger partial charge in [-0.25, -0.2) is 0 Å². The third-order valence-electron chi connectivity index (χ3n) is 3.79. The Morgan fingerprint density at radius 1 is 1.40 bits per heavy atom. The number of hydrogen-bond acceptors (Lipinski definition) is 2. The van der Waals surface area contributed by atoms with E-state index >= 15 is 0 Å². The smallest absolute Gasteiger partial charge is 0.00619 e. The molecule has 15 heavy (non-hydrogen) atoms. The van der Waals surface area contributed by atoms with E-state index in [1.54, 1.807) is 0 Å². The summed E-state index contributed by atoms with van der Waals surface area (Å²) in [5, 5.41) is 3.37. The Balaban J connectivity index is 1.97. The van der Waals surface area contributed by atoms with Gasteiger partial charge in [-0.3, -0.25) is 0 Å². The lowest BCUT2D eigenvalue weighted by Gasteiger charge is -2.30. The first-order valence-electron chi connectivity index (χ1n) is 6.62. The molecule has 0 spiro atoms. The summed E-state index contributed by atoms with van der Waals surface area (Å²) in [4.78, 5) is 2.52. The van der Waals surface area contributed by atoms with E-state index in [-0.39, 0.29) is 0 Å². The van der Waals surface area contributed by atoms with Crippen molar-refractivity contribution in [1.29, 1.82) is 0 Å². The Labute approximate surface area is 95.4 Å². The van der Waals surface area contributed by atoms with Gasteiger partial charge in [-0.1, -0.05) is 13.3 Å². The van der Waals surface area contributed by atoms with E-state index in [4.69, 9.17) is 0 Å². The molecule has 0 heterocycles. The molecule has 0 bridgehead atoms. The van der Waals surface area contributed by atoms with E-state index in [2.05, 4.69) is 31.2 Å². The highest BCUT2D eigenvalue weighted by atomic mass is 15.1. The lowest BCUT2D eigenvalue weighted by Crippen LogP contribution is -2.31. The van der Waals surface area contributed by atoms with Crippen molar-refractivity contribution in [2.45, 2.75) is 51.5 Å². The van der Waals surface area contributed by atoms with Crippen LogP contribution in [0.25, 0.3) is 0 Å². The molecule has 0 radical (unpaired) electrons. The summed E-state index contributed by atoms with van der Waals surface area (Å²) in [6, 6.07) is 0.724. The van der Waals surface area contributed by atoms with Gasteiger partial charge in [-0.15, -0.1) is 0 Å². The third kappa shape index (κ3) is 4.98. The van der Waals surface area contributed by atoms with Crippen LogP contribution in [0.15, 0.2) is 0 Å². The number of nitrogens with zero attached hydrogens (tertiary/aromatic N) is 1. The Morgan fingerprint density at radius 2 is 2.13 bits per heavy atom. The molecule has 1 N–H and O–H groups in total. The monoisotopic (exact) mass is 212 g/mol. The Bertz CT molecular complexity index is 151. The zero-order valence-electron chi connectivity index (χ0n) is 10.8. The van der Waals surface area contributed by atoms with Crippen molar-refractivity contribution >= 4 is 0 Å². The fourth-order valence-electron chi connectivity index (χ4n) is 2.37. The second-order valence-corrected chi connectivity index (χ2v) is 5.10. The third-order valence-corrected chi connectivity index (χ3v) is 3.79. The molecule has 1 rings (SSSR count). The summed E-state index contributed by atoms with van der Waals surface area (Å²) in [5.74, 6) is 1.02. The van der Waals surface area contributed by atoms with Gasteiger partial charge in [0.05, 0.1) is 0 Å². The average Bonchev–Trinajstić information content (AvgIpc) is 2.18. The van der Waals surface area contributed by atoms with Gasteiger partial charge in [-0.2, -0.15) is 0 Å². The molecule has 1 fully saturated rings. The fraction of sp³-hybridized carbons (Fsp3) is 1.00. The SMILES string of the molecule is CCC(CCCN(C)CC1CCC1)NC. The second kappa shape index (κ2) is 7.24. The van der Waals surface area contributed by atoms with Crippen LogP contribution in [0.1, 0.15) is 45.4 Å². The zero-order chi connectivity index (χ0) is 11.1. The van der Waals surface area contributed by atoms with Crippen molar-refractivity contribution in [3.8, 4) is 0 Å². The molecule has 1 aliphatic rings. The lowest BCUT2D eigenvalue weighted by molar-refractivity contribution is 0.201. The molecule has 0 aromatic rings. The van der Waals surface area contributed by atoms with Gasteiger partial charge in [0, 0.05) is 12.6 Å². The molecular weight excluding hydrogens is 184 g/mol. The normalized spacial score (nSPS) is 19.2. The van der Waals surface area contributed by atoms with Crippen LogP contribution < -0.4 is 5.32 Å². The Hall–Kier alpha value is -0.0800. The molecule has 90 valence electrons. The van der Waals surface area contributed by atoms with Gasteiger partial charge in [0.2, 0.25) is 0 Å². The van der Waals surface area contributed by atoms with E-state index in [0.717, 1.165) is 12.0 Å². The van der Waals surface area contributed by atoms with Crippen molar-refractivity contribution < 1.29 is 0 Å². The van der Waals surface area contributed by atoms with E-state index in [9.17, 15) is 0 Å². The maximum Gasteiger partial charge on any atom is 0.00619 e. The van der Waals surface area contributed by atoms with Gasteiger partial charge >= 0.3 is 0 Å². The van der Waals surface area contributed by atoms with E-state index in [1.165, 1.54) is 51.6 Å². The highest BCUT2D eigenvalue weighted by molar-refractivity contribution is 4.72. The van der Waals surface area contributed by atoms with E-state index < -0.39 is 0 Å². The minimum atomic E-state index is 0.724. The average molecular weight is 212 g/mol. The molecule has 2 heteroatoms. The molecule has 1 atom stereocenters. The number of hydrogen-bond donors (Lipinski definition) is 1. The van der Waals surface area contributed by atoms with Crippen molar-refractivity contribution in [3.05, 3.63) is 0 Å². The molecule has 1 saturated carbocycles. The summed E-state index contributed by atoms with van der Waals surface area (Å²) in [7, 11) is 4.35. The molecule has 0 aromatic carbocycles. The van der Waals surface area contributed by atoms with Crippen molar-refractivity contribution in [2.24, 2.45) is 5.92 Å². The van der Waals surface area contributed by atoms with E-state index in [0.29, 0.717) is 0 Å². The summed E-state index contributed by atoms with van der Waals surface area (Å²) in [6.07, 6.45) is 8.32. The molecule has 0 saturated heterocycles. The standard InChI is InChI=1S/C13H28N2/c1-4-13(14-2)9-6-10-15(3)11-12-7-5-8-12/h12-14H,4-11H2,1-3H3. The summed E-state index contributed by atoms with van der Waals surface area (Å²) in [6.45, 7) is 4.87. The van der Waals surface area contributed by atoms with Crippen LogP contribution in [0.3, 0.4) is 0 Å². The maximum atomic E-state index is 3.37. The first kappa shape index (κ1) is 13.0. The zero-order valence-corrected chi connectivity index (χ0v) is 10.8. The highest BCUT2D eigenvalue weighted by Gasteiger charge is 2.18. The number of nitrogens with one attached hydrogen (secondary N) is 1. The summed E-state index contributed by atoms with van der Waals surface area (Å²) < 4.78 is 0. The van der Waals surface area contributed by atoms with Crippen molar-refractivity contribution in [3.63, 3.8) is 0 Å². The van der Waals surface area contributed by atoms with Crippen LogP contribution in [-0.4, -0.2) is 38.1 Å². The van der Waals surface area contributed by atoms with Gasteiger partial charge in [0.1, 0.15) is 0 Å². The predicted molar refractivity (Wildman–Crippen MR) is 67.2 cm³/mol. The molecular formula is C13H28N2. The molecule has 0 aromatic heterocycles. The largest absolute Gasteiger partial charge is 0.317 e. The van der Waals surface area contributed by atoms with Crippen LogP contribution in [0.2, 0.25) is 0 Å². The quantitative estimate of drug-likeness (QED) is 0.665. The Kier molecular flexibility index (Phi) is 6.26. The molecule has 1 unspecified atom stereocenters. The van der Waals surface area contributed by atoms with Crippen LogP contribution in [0.5, 0.6) is 0 Å². The van der Waals surface area contributed by atoms with Gasteiger partial charge in [0.15, 0.2) is 0 Å². The molecule has 1 aliphatic carbocycles. The minimum absolute atomic E-state index is 0.724. The molecule has 0 aliphatic heterocycles. The molecule has 0 amide bonds. The first-order valence-corrected chi connectivity index (χ1v) is 6.62. The fourth-order valence-corrected chi connectivity index (χ4v) is 2.37. The van der Waals surface area contributed by atoms with Crippen LogP contribution >= 0.6 is 0 Å². The molecule has 2 nitrogen and oxygen atoms in total. The van der Waals surface area contributed by atoms with Crippen LogP contribution in [-0.2, 0) is 0 Å². The van der Waals surface area contributed by atoms with Gasteiger partial charge in [-0.05, 0) is 58.7 Å². The summed E-state index contributed by atoms with van der Waals surface area (Å²) in [5.41, 5.74) is 0. The first-order chi connectivity index (χ1) is 7.26. The van der Waals surface area contributed by atoms with Crippen molar-refractivity contribution in [1.82, 2.24) is 10.2 Å². The topological polar surface area (TPSA) is 15.3 Å². The van der Waals surface area contributed by atoms with E-state index in [1.807, 2.05) is 0 Å². The second-order valence-electron chi connectivity index (χ2n) is 5.10. The highest BCUT2D eigenvalue weighted by Crippen LogP contribution is 2.26. The van der Waals surface area contributed by atoms with Crippen LogP contribution in [0, 0.1) is 5.92 Å². The van der Waals surface area contributed by atoms with Crippen molar-refractivity contribution in [2.75, 3.05) is 27.2 Å². The summed E-state index contributed by atoms with van der Waals surface area (Å²) >= 11 is 0.